The average molecular weight is 766 g/mol. The number of para-hydroxylation sites is 1. The van der Waals surface area contributed by atoms with Gasteiger partial charge in [-0.05, 0) is 81.6 Å². The zero-order chi connectivity index (χ0) is 40.5. The number of rotatable bonds is 5. The third-order valence-electron chi connectivity index (χ3n) is 11.8. The fourth-order valence-corrected chi connectivity index (χ4v) is 8.70. The molecular formula is C54H47N5. The highest BCUT2D eigenvalue weighted by Crippen LogP contribution is 2.59. The quantitative estimate of drug-likeness (QED) is 0.175. The summed E-state index contributed by atoms with van der Waals surface area (Å²) < 4.78 is 0. The van der Waals surface area contributed by atoms with E-state index in [1.54, 1.807) is 0 Å². The van der Waals surface area contributed by atoms with Gasteiger partial charge in [0.25, 0.3) is 0 Å². The first-order valence-electron chi connectivity index (χ1n) is 20.6. The molecule has 0 amide bonds. The third-order valence-corrected chi connectivity index (χ3v) is 11.8. The molecule has 8 aromatic rings. The normalized spacial score (nSPS) is 14.4. The van der Waals surface area contributed by atoms with E-state index in [9.17, 15) is 0 Å². The van der Waals surface area contributed by atoms with E-state index in [1.165, 1.54) is 39.1 Å². The predicted octanol–water partition coefficient (Wildman–Crippen LogP) is 14.1. The first-order chi connectivity index (χ1) is 28.5. The Kier molecular flexibility index (Phi) is 8.61. The molecule has 59 heavy (non-hydrogen) atoms. The van der Waals surface area contributed by atoms with Crippen LogP contribution in [0.15, 0.2) is 170 Å². The summed E-state index contributed by atoms with van der Waals surface area (Å²) in [4.78, 5) is 20.3. The van der Waals surface area contributed by atoms with E-state index in [-0.39, 0.29) is 17.0 Å². The topological polar surface area (TPSA) is 45.2 Å². The molecule has 5 nitrogen and oxygen atoms in total. The predicted molar refractivity (Wildman–Crippen MR) is 244 cm³/mol. The maximum absolute atomic E-state index is 5.14. The Morgan fingerprint density at radius 2 is 0.797 bits per heavy atom. The van der Waals surface area contributed by atoms with Crippen molar-refractivity contribution in [2.24, 2.45) is 0 Å². The van der Waals surface area contributed by atoms with Crippen LogP contribution in [0.3, 0.4) is 0 Å². The summed E-state index contributed by atoms with van der Waals surface area (Å²) in [6, 6.07) is 61.2. The highest BCUT2D eigenvalue weighted by molar-refractivity contribution is 6.00. The van der Waals surface area contributed by atoms with Crippen molar-refractivity contribution >= 4 is 22.7 Å². The zero-order valence-electron chi connectivity index (χ0n) is 34.5. The molecule has 0 aliphatic carbocycles. The molecule has 0 saturated carbocycles. The van der Waals surface area contributed by atoms with Crippen LogP contribution in [0.2, 0.25) is 0 Å². The Morgan fingerprint density at radius 3 is 1.31 bits per heavy atom. The lowest BCUT2D eigenvalue weighted by molar-refractivity contribution is 0.590. The lowest BCUT2D eigenvalue weighted by Crippen LogP contribution is -2.41. The van der Waals surface area contributed by atoms with Crippen LogP contribution in [-0.2, 0) is 10.8 Å². The largest absolute Gasteiger partial charge is 0.315 e. The molecule has 0 saturated heterocycles. The van der Waals surface area contributed by atoms with Crippen LogP contribution in [0.1, 0.15) is 64.4 Å². The Labute approximate surface area is 347 Å². The van der Waals surface area contributed by atoms with E-state index in [0.717, 1.165) is 39.3 Å². The fraction of sp³-hybridized carbons (Fsp3) is 0.167. The average Bonchev–Trinajstić information content (AvgIpc) is 3.26. The van der Waals surface area contributed by atoms with Crippen molar-refractivity contribution in [1.82, 2.24) is 15.0 Å². The molecule has 1 aromatic heterocycles. The Morgan fingerprint density at radius 1 is 0.373 bits per heavy atom. The van der Waals surface area contributed by atoms with Crippen LogP contribution >= 0.6 is 0 Å². The monoisotopic (exact) mass is 765 g/mol. The number of fused-ring (bicyclic) bond motifs is 4. The van der Waals surface area contributed by atoms with E-state index in [0.29, 0.717) is 17.5 Å². The Balaban J connectivity index is 1.22. The lowest BCUT2D eigenvalue weighted by Gasteiger charge is -2.50. The summed E-state index contributed by atoms with van der Waals surface area (Å²) in [5.74, 6) is 1.93. The molecule has 0 N–H and O–H groups in total. The minimum absolute atomic E-state index is 0.0272. The molecule has 10 rings (SSSR count). The number of nitrogens with zero attached hydrogens (tertiary/aromatic N) is 5. The van der Waals surface area contributed by atoms with Gasteiger partial charge in [0.1, 0.15) is 6.17 Å². The van der Waals surface area contributed by atoms with Crippen molar-refractivity contribution in [3.63, 3.8) is 0 Å². The molecule has 1 atom stereocenters. The molecular weight excluding hydrogens is 719 g/mol. The first-order valence-corrected chi connectivity index (χ1v) is 20.6. The third kappa shape index (κ3) is 6.38. The van der Waals surface area contributed by atoms with Crippen LogP contribution < -0.4 is 9.80 Å². The number of anilines is 4. The van der Waals surface area contributed by atoms with Gasteiger partial charge in [-0.25, -0.2) is 15.0 Å². The molecule has 0 bridgehead atoms. The zero-order valence-corrected chi connectivity index (χ0v) is 34.5. The minimum Gasteiger partial charge on any atom is -0.315 e. The van der Waals surface area contributed by atoms with Gasteiger partial charge in [-0.1, -0.05) is 163 Å². The van der Waals surface area contributed by atoms with E-state index < -0.39 is 0 Å². The summed E-state index contributed by atoms with van der Waals surface area (Å²) in [6.45, 7) is 13.7. The van der Waals surface area contributed by atoms with Crippen molar-refractivity contribution in [2.75, 3.05) is 9.80 Å². The molecule has 5 heteroatoms. The SMILES string of the molecule is CC(C)(C)c1ccc(N2c3ccccc3-c3cccc4c3C2N(c2ccc(C(C)(C)C)cc2)c2ccc(-c3nc(-c5ccccc5)nc(-c5ccccc5)n3)cc2-4)cc1. The maximum Gasteiger partial charge on any atom is 0.164 e. The fourth-order valence-electron chi connectivity index (χ4n) is 8.70. The number of aromatic nitrogens is 3. The summed E-state index contributed by atoms with van der Waals surface area (Å²) in [7, 11) is 0. The van der Waals surface area contributed by atoms with Crippen LogP contribution in [-0.4, -0.2) is 15.0 Å². The van der Waals surface area contributed by atoms with Gasteiger partial charge in [0, 0.05) is 44.8 Å². The smallest absolute Gasteiger partial charge is 0.164 e. The van der Waals surface area contributed by atoms with Crippen molar-refractivity contribution in [3.8, 4) is 56.4 Å². The lowest BCUT2D eigenvalue weighted by atomic mass is 9.80. The Bertz CT molecular complexity index is 2780. The van der Waals surface area contributed by atoms with Crippen LogP contribution in [0.4, 0.5) is 22.7 Å². The van der Waals surface area contributed by atoms with E-state index in [1.807, 2.05) is 36.4 Å². The van der Waals surface area contributed by atoms with E-state index in [4.69, 9.17) is 15.0 Å². The summed E-state index contributed by atoms with van der Waals surface area (Å²) in [5, 5.41) is 0. The molecule has 0 fully saturated rings. The minimum atomic E-state index is -0.165. The van der Waals surface area contributed by atoms with E-state index >= 15 is 0 Å². The molecule has 1 unspecified atom stereocenters. The van der Waals surface area contributed by atoms with Crippen molar-refractivity contribution < 1.29 is 0 Å². The maximum atomic E-state index is 5.14. The van der Waals surface area contributed by atoms with Crippen molar-refractivity contribution in [3.05, 3.63) is 187 Å². The molecule has 2 aliphatic heterocycles. The van der Waals surface area contributed by atoms with Crippen molar-refractivity contribution in [1.29, 1.82) is 0 Å². The van der Waals surface area contributed by atoms with Gasteiger partial charge in [-0.2, -0.15) is 0 Å². The number of hydrogen-bond donors (Lipinski definition) is 0. The molecule has 0 spiro atoms. The van der Waals surface area contributed by atoms with Gasteiger partial charge in [0.2, 0.25) is 0 Å². The highest BCUT2D eigenvalue weighted by atomic mass is 15.4. The van der Waals surface area contributed by atoms with Crippen LogP contribution in [0.5, 0.6) is 0 Å². The molecule has 288 valence electrons. The van der Waals surface area contributed by atoms with Gasteiger partial charge in [0.15, 0.2) is 17.5 Å². The molecule has 2 aliphatic rings. The second-order valence-electron chi connectivity index (χ2n) is 17.8. The second kappa shape index (κ2) is 13.9. The second-order valence-corrected chi connectivity index (χ2v) is 17.8. The van der Waals surface area contributed by atoms with Gasteiger partial charge < -0.3 is 9.80 Å². The van der Waals surface area contributed by atoms with Gasteiger partial charge in [0.05, 0.1) is 11.4 Å². The van der Waals surface area contributed by atoms with Crippen LogP contribution in [0.25, 0.3) is 56.4 Å². The molecule has 7 aromatic carbocycles. The summed E-state index contributed by atoms with van der Waals surface area (Å²) in [5.41, 5.74) is 16.2. The number of hydrogen-bond acceptors (Lipinski definition) is 5. The summed E-state index contributed by atoms with van der Waals surface area (Å²) >= 11 is 0. The molecule has 3 heterocycles. The van der Waals surface area contributed by atoms with Gasteiger partial charge in [-0.15, -0.1) is 0 Å². The standard InChI is InChI=1S/C54H47N5/c1-53(2,3)38-25-29-40(30-26-38)58-46-23-14-13-20-42(46)43-21-15-22-44-45-34-37(24-33-47(45)59(52(58)48(43)44)41-31-27-39(28-32-41)54(4,5)6)51-56-49(35-16-9-7-10-17-35)55-50(57-51)36-18-11-8-12-19-36/h7-34,52H,1-6H3. The Hall–Kier alpha value is -6.85. The van der Waals surface area contributed by atoms with Crippen molar-refractivity contribution in [2.45, 2.75) is 58.5 Å². The molecule has 0 radical (unpaired) electrons. The van der Waals surface area contributed by atoms with Crippen LogP contribution in [0, 0.1) is 0 Å². The van der Waals surface area contributed by atoms with E-state index in [2.05, 4.69) is 185 Å². The highest BCUT2D eigenvalue weighted by Gasteiger charge is 2.42. The van der Waals surface area contributed by atoms with Gasteiger partial charge >= 0.3 is 0 Å². The van der Waals surface area contributed by atoms with Gasteiger partial charge in [-0.3, -0.25) is 0 Å². The number of benzene rings is 7. The summed E-state index contributed by atoms with van der Waals surface area (Å²) in [6.07, 6.45) is -0.165. The first kappa shape index (κ1) is 36.5.